The lowest BCUT2D eigenvalue weighted by molar-refractivity contribution is 0.176. The largest absolute Gasteiger partial charge is 0.319 e. The van der Waals surface area contributed by atoms with Gasteiger partial charge >= 0.3 is 0 Å². The molecule has 0 unspecified atom stereocenters. The minimum absolute atomic E-state index is 0.205. The Morgan fingerprint density at radius 2 is 2.12 bits per heavy atom. The van der Waals surface area contributed by atoms with Crippen molar-refractivity contribution in [3.63, 3.8) is 0 Å². The van der Waals surface area contributed by atoms with Crippen molar-refractivity contribution in [3.8, 4) is 0 Å². The van der Waals surface area contributed by atoms with E-state index in [0.29, 0.717) is 5.16 Å². The molecule has 5 heteroatoms. The van der Waals surface area contributed by atoms with Crippen LogP contribution >= 0.6 is 11.8 Å². The Labute approximate surface area is 96.7 Å². The molecule has 0 aliphatic rings. The lowest BCUT2D eigenvalue weighted by atomic mass is 10.3. The Morgan fingerprint density at radius 1 is 1.38 bits per heavy atom. The van der Waals surface area contributed by atoms with Gasteiger partial charge < -0.3 is 4.57 Å². The highest BCUT2D eigenvalue weighted by molar-refractivity contribution is 7.99. The number of imidazole rings is 1. The normalized spacial score (nSPS) is 11.5. The summed E-state index contributed by atoms with van der Waals surface area (Å²) in [6, 6.07) is 7.68. The van der Waals surface area contributed by atoms with E-state index in [4.69, 9.17) is 0 Å². The minimum Gasteiger partial charge on any atom is -0.319 e. The average molecular weight is 242 g/mol. The Morgan fingerprint density at radius 3 is 2.81 bits per heavy atom. The molecule has 16 heavy (non-hydrogen) atoms. The van der Waals surface area contributed by atoms with Crippen LogP contribution in [-0.4, -0.2) is 21.7 Å². The lowest BCUT2D eigenvalue weighted by Gasteiger charge is -2.04. The van der Waals surface area contributed by atoms with Gasteiger partial charge in [-0.15, -0.1) is 0 Å². The molecular formula is C11H12F2N2S. The van der Waals surface area contributed by atoms with E-state index in [-0.39, 0.29) is 5.75 Å². The SMILES string of the molecule is CCn1c(SCC(F)F)nc2ccccc21. The molecule has 0 aliphatic heterocycles. The molecule has 1 aromatic heterocycles. The monoisotopic (exact) mass is 242 g/mol. The lowest BCUT2D eigenvalue weighted by Crippen LogP contribution is -2.00. The van der Waals surface area contributed by atoms with Gasteiger partial charge in [0.1, 0.15) is 0 Å². The molecule has 2 aromatic rings. The fourth-order valence-corrected chi connectivity index (χ4v) is 2.43. The van der Waals surface area contributed by atoms with Crippen molar-refractivity contribution in [2.45, 2.75) is 25.1 Å². The quantitative estimate of drug-likeness (QED) is 0.765. The summed E-state index contributed by atoms with van der Waals surface area (Å²) in [7, 11) is 0. The van der Waals surface area contributed by atoms with E-state index in [1.807, 2.05) is 35.8 Å². The van der Waals surface area contributed by atoms with Gasteiger partial charge in [-0.3, -0.25) is 0 Å². The maximum absolute atomic E-state index is 12.2. The zero-order valence-corrected chi connectivity index (χ0v) is 9.68. The summed E-state index contributed by atoms with van der Waals surface area (Å²) in [5.41, 5.74) is 1.86. The predicted octanol–water partition coefficient (Wildman–Crippen LogP) is 3.41. The van der Waals surface area contributed by atoms with Crippen molar-refractivity contribution in [1.29, 1.82) is 0 Å². The van der Waals surface area contributed by atoms with Gasteiger partial charge in [-0.1, -0.05) is 23.9 Å². The van der Waals surface area contributed by atoms with E-state index < -0.39 is 6.43 Å². The number of thioether (sulfide) groups is 1. The molecule has 0 saturated carbocycles. The number of aromatic nitrogens is 2. The van der Waals surface area contributed by atoms with Gasteiger partial charge in [-0.05, 0) is 19.1 Å². The standard InChI is InChI=1S/C11H12F2N2S/c1-2-15-9-6-4-3-5-8(9)14-11(15)16-7-10(12)13/h3-6,10H,2,7H2,1H3. The molecule has 1 aromatic carbocycles. The van der Waals surface area contributed by atoms with Gasteiger partial charge in [0.25, 0.3) is 0 Å². The molecule has 0 bridgehead atoms. The summed E-state index contributed by atoms with van der Waals surface area (Å²) in [5.74, 6) is -0.205. The first-order valence-corrected chi connectivity index (χ1v) is 6.07. The smallest absolute Gasteiger partial charge is 0.248 e. The van der Waals surface area contributed by atoms with E-state index in [9.17, 15) is 8.78 Å². The number of rotatable bonds is 4. The summed E-state index contributed by atoms with van der Waals surface area (Å²) < 4.78 is 26.3. The van der Waals surface area contributed by atoms with Crippen molar-refractivity contribution in [1.82, 2.24) is 9.55 Å². The first-order chi connectivity index (χ1) is 7.72. The Hall–Kier alpha value is -1.10. The van der Waals surface area contributed by atoms with Crippen molar-refractivity contribution < 1.29 is 8.78 Å². The number of fused-ring (bicyclic) bond motifs is 1. The van der Waals surface area contributed by atoms with Crippen LogP contribution in [0.5, 0.6) is 0 Å². The van der Waals surface area contributed by atoms with Crippen LogP contribution in [0, 0.1) is 0 Å². The molecular weight excluding hydrogens is 230 g/mol. The highest BCUT2D eigenvalue weighted by atomic mass is 32.2. The van der Waals surface area contributed by atoms with Crippen LogP contribution in [0.1, 0.15) is 6.92 Å². The molecule has 0 amide bonds. The number of benzene rings is 1. The second-order valence-corrected chi connectivity index (χ2v) is 4.32. The van der Waals surface area contributed by atoms with Gasteiger partial charge in [0.2, 0.25) is 6.43 Å². The van der Waals surface area contributed by atoms with E-state index in [1.165, 1.54) is 0 Å². The number of alkyl halides is 2. The minimum atomic E-state index is -2.30. The van der Waals surface area contributed by atoms with Gasteiger partial charge in [-0.2, -0.15) is 0 Å². The third kappa shape index (κ3) is 2.19. The number of aryl methyl sites for hydroxylation is 1. The van der Waals surface area contributed by atoms with Crippen LogP contribution < -0.4 is 0 Å². The highest BCUT2D eigenvalue weighted by Gasteiger charge is 2.11. The summed E-state index contributed by atoms with van der Waals surface area (Å²) in [6.07, 6.45) is -2.30. The molecule has 0 spiro atoms. The summed E-state index contributed by atoms with van der Waals surface area (Å²) in [6.45, 7) is 2.73. The molecule has 0 radical (unpaired) electrons. The van der Waals surface area contributed by atoms with Crippen molar-refractivity contribution in [2.24, 2.45) is 0 Å². The van der Waals surface area contributed by atoms with Crippen LogP contribution in [0.4, 0.5) is 8.78 Å². The zero-order valence-electron chi connectivity index (χ0n) is 8.86. The number of nitrogens with zero attached hydrogens (tertiary/aromatic N) is 2. The molecule has 1 heterocycles. The van der Waals surface area contributed by atoms with Crippen LogP contribution in [0.25, 0.3) is 11.0 Å². The molecule has 2 nitrogen and oxygen atoms in total. The van der Waals surface area contributed by atoms with E-state index >= 15 is 0 Å². The first-order valence-electron chi connectivity index (χ1n) is 5.08. The molecule has 0 atom stereocenters. The Bertz CT molecular complexity index is 482. The maximum atomic E-state index is 12.2. The van der Waals surface area contributed by atoms with Crippen LogP contribution in [0.2, 0.25) is 0 Å². The zero-order chi connectivity index (χ0) is 11.5. The van der Waals surface area contributed by atoms with Gasteiger partial charge in [0.15, 0.2) is 5.16 Å². The van der Waals surface area contributed by atoms with Gasteiger partial charge in [0.05, 0.1) is 16.8 Å². The van der Waals surface area contributed by atoms with Crippen molar-refractivity contribution >= 4 is 22.8 Å². The average Bonchev–Trinajstić information content (AvgIpc) is 2.63. The Kier molecular flexibility index (Phi) is 3.43. The maximum Gasteiger partial charge on any atom is 0.248 e. The molecule has 0 fully saturated rings. The number of hydrogen-bond acceptors (Lipinski definition) is 2. The number of para-hydroxylation sites is 2. The summed E-state index contributed by atoms with van der Waals surface area (Å²) in [5, 5.41) is 0.670. The van der Waals surface area contributed by atoms with Crippen LogP contribution in [0.3, 0.4) is 0 Å². The molecule has 86 valence electrons. The second kappa shape index (κ2) is 4.82. The second-order valence-electron chi connectivity index (χ2n) is 3.33. The van der Waals surface area contributed by atoms with Gasteiger partial charge in [-0.25, -0.2) is 13.8 Å². The van der Waals surface area contributed by atoms with Crippen LogP contribution in [-0.2, 0) is 6.54 Å². The highest BCUT2D eigenvalue weighted by Crippen LogP contribution is 2.24. The third-order valence-electron chi connectivity index (χ3n) is 2.27. The topological polar surface area (TPSA) is 17.8 Å². The van der Waals surface area contributed by atoms with Crippen LogP contribution in [0.15, 0.2) is 29.4 Å². The third-order valence-corrected chi connectivity index (χ3v) is 3.26. The molecule has 0 N–H and O–H groups in total. The first kappa shape index (κ1) is 11.4. The summed E-state index contributed by atoms with van der Waals surface area (Å²) >= 11 is 1.11. The van der Waals surface area contributed by atoms with Gasteiger partial charge in [0, 0.05) is 6.54 Å². The van der Waals surface area contributed by atoms with E-state index in [0.717, 1.165) is 29.3 Å². The Balaban J connectivity index is 2.36. The molecule has 2 rings (SSSR count). The van der Waals surface area contributed by atoms with Crippen molar-refractivity contribution in [3.05, 3.63) is 24.3 Å². The summed E-state index contributed by atoms with van der Waals surface area (Å²) in [4.78, 5) is 4.35. The van der Waals surface area contributed by atoms with E-state index in [1.54, 1.807) is 0 Å². The fraction of sp³-hybridized carbons (Fsp3) is 0.364. The molecule has 0 saturated heterocycles. The van der Waals surface area contributed by atoms with Crippen molar-refractivity contribution in [2.75, 3.05) is 5.75 Å². The predicted molar refractivity (Wildman–Crippen MR) is 62.1 cm³/mol. The number of hydrogen-bond donors (Lipinski definition) is 0. The molecule has 0 aliphatic carbocycles. The van der Waals surface area contributed by atoms with E-state index in [2.05, 4.69) is 4.98 Å². The number of halogens is 2. The fourth-order valence-electron chi connectivity index (χ4n) is 1.61.